The number of hydrogen-bond acceptors (Lipinski definition) is 9. The van der Waals surface area contributed by atoms with E-state index in [1.807, 2.05) is 6.92 Å². The summed E-state index contributed by atoms with van der Waals surface area (Å²) >= 11 is 0. The lowest BCUT2D eigenvalue weighted by Gasteiger charge is -2.22. The fourth-order valence-electron chi connectivity index (χ4n) is 3.60. The molecule has 0 aliphatic carbocycles. The summed E-state index contributed by atoms with van der Waals surface area (Å²) in [5.41, 5.74) is 10.5. The zero-order valence-electron chi connectivity index (χ0n) is 19.1. The van der Waals surface area contributed by atoms with E-state index in [1.54, 1.807) is 31.3 Å². The number of aromatic nitrogens is 1. The van der Waals surface area contributed by atoms with Crippen LogP contribution in [0.25, 0.3) is 0 Å². The molecule has 1 aliphatic rings. The quantitative estimate of drug-likeness (QED) is 0.359. The van der Waals surface area contributed by atoms with Crippen LogP contribution in [0, 0.1) is 25.2 Å². The van der Waals surface area contributed by atoms with Gasteiger partial charge < -0.3 is 15.8 Å². The van der Waals surface area contributed by atoms with Crippen molar-refractivity contribution in [1.29, 1.82) is 5.26 Å². The van der Waals surface area contributed by atoms with Gasteiger partial charge in [0.05, 0.1) is 23.4 Å². The summed E-state index contributed by atoms with van der Waals surface area (Å²) in [7, 11) is -3.51. The molecule has 0 radical (unpaired) electrons. The van der Waals surface area contributed by atoms with Gasteiger partial charge in [-0.05, 0) is 54.4 Å². The van der Waals surface area contributed by atoms with Crippen LogP contribution in [0.4, 0.5) is 5.82 Å². The number of nitrogens with zero attached hydrogens (tertiary/aromatic N) is 3. The maximum Gasteiger partial charge on any atom is 0.338 e. The van der Waals surface area contributed by atoms with Crippen molar-refractivity contribution in [3.63, 3.8) is 0 Å². The smallest absolute Gasteiger partial charge is 0.338 e. The molecule has 0 saturated heterocycles. The number of benzene rings is 1. The average molecular weight is 483 g/mol. The van der Waals surface area contributed by atoms with Crippen LogP contribution in [0.2, 0.25) is 0 Å². The minimum Gasteiger partial charge on any atom is -0.457 e. The second-order valence-corrected chi connectivity index (χ2v) is 9.70. The number of nitrogens with two attached hydrogens (primary N) is 1. The van der Waals surface area contributed by atoms with Gasteiger partial charge >= 0.3 is 5.97 Å². The zero-order valence-corrected chi connectivity index (χ0v) is 19.9. The Balaban J connectivity index is 1.72. The van der Waals surface area contributed by atoms with Crippen LogP contribution in [-0.4, -0.2) is 44.9 Å². The van der Waals surface area contributed by atoms with Crippen molar-refractivity contribution < 1.29 is 17.9 Å². The van der Waals surface area contributed by atoms with Crippen molar-refractivity contribution in [3.05, 3.63) is 69.5 Å². The minimum atomic E-state index is -3.51. The molecule has 1 atom stereocenters. The van der Waals surface area contributed by atoms with E-state index in [1.165, 1.54) is 12.4 Å². The lowest BCUT2D eigenvalue weighted by atomic mass is 9.94. The summed E-state index contributed by atoms with van der Waals surface area (Å²) in [6.45, 7) is 4.41. The van der Waals surface area contributed by atoms with Gasteiger partial charge in [0.15, 0.2) is 5.82 Å². The third-order valence-corrected chi connectivity index (χ3v) is 6.12. The number of cyclic esters (lactones) is 1. The number of rotatable bonds is 9. The first-order chi connectivity index (χ1) is 16.1. The SMILES string of the molecule is Cc1cc(N=CC(=CN)CNCC(NS(C)(=O)=O)c2ccc3c(c2C)COC3=O)ncc1C#N. The normalized spacial score (nSPS) is 14.6. The Bertz CT molecular complexity index is 1310. The highest BCUT2D eigenvalue weighted by Gasteiger charge is 2.27. The van der Waals surface area contributed by atoms with Gasteiger partial charge in [0, 0.05) is 31.1 Å². The number of pyridine rings is 1. The van der Waals surface area contributed by atoms with E-state index >= 15 is 0 Å². The van der Waals surface area contributed by atoms with Crippen molar-refractivity contribution in [1.82, 2.24) is 15.0 Å². The number of ether oxygens (including phenoxy) is 1. The molecule has 2 aromatic rings. The number of nitrogens with one attached hydrogen (secondary N) is 2. The van der Waals surface area contributed by atoms with E-state index in [4.69, 9.17) is 15.7 Å². The van der Waals surface area contributed by atoms with Crippen molar-refractivity contribution in [2.24, 2.45) is 10.7 Å². The molecule has 0 bridgehead atoms. The van der Waals surface area contributed by atoms with Crippen LogP contribution in [0.5, 0.6) is 0 Å². The first-order valence-electron chi connectivity index (χ1n) is 10.4. The molecular formula is C23H26N6O4S. The van der Waals surface area contributed by atoms with Crippen LogP contribution < -0.4 is 15.8 Å². The molecule has 34 heavy (non-hydrogen) atoms. The monoisotopic (exact) mass is 482 g/mol. The maximum absolute atomic E-state index is 12.0. The minimum absolute atomic E-state index is 0.173. The molecule has 2 heterocycles. The molecular weight excluding hydrogens is 456 g/mol. The Kier molecular flexibility index (Phi) is 7.78. The predicted octanol–water partition coefficient (Wildman–Crippen LogP) is 1.67. The fourth-order valence-corrected chi connectivity index (χ4v) is 4.33. The van der Waals surface area contributed by atoms with Crippen LogP contribution >= 0.6 is 0 Å². The van der Waals surface area contributed by atoms with E-state index in [9.17, 15) is 13.2 Å². The molecule has 0 amide bonds. The van der Waals surface area contributed by atoms with E-state index < -0.39 is 16.1 Å². The molecule has 1 unspecified atom stereocenters. The molecule has 178 valence electrons. The van der Waals surface area contributed by atoms with Crippen LogP contribution in [0.15, 0.2) is 41.2 Å². The summed E-state index contributed by atoms with van der Waals surface area (Å²) in [4.78, 5) is 20.3. The third kappa shape index (κ3) is 6.05. The molecule has 0 spiro atoms. The number of fused-ring (bicyclic) bond motifs is 1. The predicted molar refractivity (Wildman–Crippen MR) is 128 cm³/mol. The topological polar surface area (TPSA) is 160 Å². The number of aliphatic imine (C=N–C) groups is 1. The van der Waals surface area contributed by atoms with E-state index in [-0.39, 0.29) is 19.1 Å². The lowest BCUT2D eigenvalue weighted by Crippen LogP contribution is -2.36. The largest absolute Gasteiger partial charge is 0.457 e. The Labute approximate surface area is 198 Å². The summed E-state index contributed by atoms with van der Waals surface area (Å²) in [5, 5.41) is 12.2. The molecule has 1 aromatic heterocycles. The van der Waals surface area contributed by atoms with Gasteiger partial charge in [0.1, 0.15) is 12.7 Å². The summed E-state index contributed by atoms with van der Waals surface area (Å²) in [5.74, 6) is 0.0670. The Morgan fingerprint density at radius 1 is 1.41 bits per heavy atom. The second-order valence-electron chi connectivity index (χ2n) is 7.92. The summed E-state index contributed by atoms with van der Waals surface area (Å²) in [6, 6.07) is 6.59. The van der Waals surface area contributed by atoms with Crippen LogP contribution in [0.1, 0.15) is 44.2 Å². The number of carbonyl (C=O) groups is 1. The molecule has 1 aliphatic heterocycles. The van der Waals surface area contributed by atoms with Gasteiger partial charge in [-0.15, -0.1) is 0 Å². The Hall–Kier alpha value is -3.59. The van der Waals surface area contributed by atoms with Gasteiger partial charge in [-0.3, -0.25) is 0 Å². The second kappa shape index (κ2) is 10.6. The number of aryl methyl sites for hydroxylation is 1. The Morgan fingerprint density at radius 3 is 2.82 bits per heavy atom. The van der Waals surface area contributed by atoms with Crippen molar-refractivity contribution in [3.8, 4) is 6.07 Å². The van der Waals surface area contributed by atoms with Crippen molar-refractivity contribution in [2.75, 3.05) is 19.3 Å². The van der Waals surface area contributed by atoms with Gasteiger partial charge in [0.25, 0.3) is 0 Å². The van der Waals surface area contributed by atoms with Gasteiger partial charge in [-0.2, -0.15) is 5.26 Å². The van der Waals surface area contributed by atoms with Crippen molar-refractivity contribution in [2.45, 2.75) is 26.5 Å². The molecule has 10 nitrogen and oxygen atoms in total. The average Bonchev–Trinajstić information content (AvgIpc) is 3.16. The van der Waals surface area contributed by atoms with Gasteiger partial charge in [-0.1, -0.05) is 6.07 Å². The molecule has 11 heteroatoms. The number of hydrogen-bond donors (Lipinski definition) is 3. The number of sulfonamides is 1. The van der Waals surface area contributed by atoms with E-state index in [2.05, 4.69) is 26.1 Å². The highest BCUT2D eigenvalue weighted by molar-refractivity contribution is 7.88. The third-order valence-electron chi connectivity index (χ3n) is 5.41. The molecule has 1 aromatic carbocycles. The lowest BCUT2D eigenvalue weighted by molar-refractivity contribution is 0.0535. The first kappa shape index (κ1) is 25.0. The van der Waals surface area contributed by atoms with E-state index in [0.717, 1.165) is 28.5 Å². The molecule has 0 fully saturated rings. The van der Waals surface area contributed by atoms with E-state index in [0.29, 0.717) is 29.1 Å². The van der Waals surface area contributed by atoms with Gasteiger partial charge in [-0.25, -0.2) is 27.9 Å². The highest BCUT2D eigenvalue weighted by Crippen LogP contribution is 2.29. The molecule has 4 N–H and O–H groups in total. The standard InChI is InChI=1S/C23H26N6O4S/c1-14-6-22(28-11-17(14)8-25)27-10-16(7-24)9-26-12-21(29-34(3,31)32)18-4-5-19-20(15(18)2)13-33-23(19)30/h4-7,10-11,21,26,29H,9,12-13,24H2,1-3H3. The van der Waals surface area contributed by atoms with Crippen molar-refractivity contribution >= 4 is 28.0 Å². The summed E-state index contributed by atoms with van der Waals surface area (Å²) < 4.78 is 31.7. The van der Waals surface area contributed by atoms with Crippen LogP contribution in [0.3, 0.4) is 0 Å². The number of esters is 1. The maximum atomic E-state index is 12.0. The highest BCUT2D eigenvalue weighted by atomic mass is 32.2. The fraction of sp³-hybridized carbons (Fsp3) is 0.304. The first-order valence-corrected chi connectivity index (χ1v) is 12.3. The number of carbonyl (C=O) groups excluding carboxylic acids is 1. The van der Waals surface area contributed by atoms with Crippen LogP contribution in [-0.2, 0) is 21.4 Å². The molecule has 3 rings (SSSR count). The Morgan fingerprint density at radius 2 is 2.18 bits per heavy atom. The molecule has 0 saturated carbocycles. The summed E-state index contributed by atoms with van der Waals surface area (Å²) in [6.07, 6.45) is 5.52. The van der Waals surface area contributed by atoms with Gasteiger partial charge in [0.2, 0.25) is 10.0 Å². The zero-order chi connectivity index (χ0) is 24.9. The number of nitriles is 1.